The normalized spacial score (nSPS) is 23.0. The molecule has 1 aromatic carbocycles. The highest BCUT2D eigenvalue weighted by Crippen LogP contribution is 2.50. The summed E-state index contributed by atoms with van der Waals surface area (Å²) in [5, 5.41) is 12.8. The first-order valence-corrected chi connectivity index (χ1v) is 14.9. The number of halogens is 2. The van der Waals surface area contributed by atoms with Crippen molar-refractivity contribution < 1.29 is 19.0 Å². The number of hydrogen-bond donors (Lipinski definition) is 1. The van der Waals surface area contributed by atoms with Crippen molar-refractivity contribution in [3.8, 4) is 5.75 Å². The highest BCUT2D eigenvalue weighted by molar-refractivity contribution is 7.10. The van der Waals surface area contributed by atoms with Crippen LogP contribution < -0.4 is 9.64 Å². The molecule has 3 aromatic rings. The number of piperidine rings is 1. The van der Waals surface area contributed by atoms with Gasteiger partial charge in [-0.1, -0.05) is 17.7 Å². The number of fused-ring (bicyclic) bond motifs is 1. The summed E-state index contributed by atoms with van der Waals surface area (Å²) in [6.45, 7) is 3.19. The lowest BCUT2D eigenvalue weighted by Gasteiger charge is -2.32. The Bertz CT molecular complexity index is 1310. The maximum absolute atomic E-state index is 14.8. The molecular weight excluding hydrogens is 539 g/mol. The van der Waals surface area contributed by atoms with Crippen LogP contribution in [-0.2, 0) is 17.8 Å². The largest absolute Gasteiger partial charge is 0.493 e. The van der Waals surface area contributed by atoms with Gasteiger partial charge in [-0.15, -0.1) is 11.3 Å². The van der Waals surface area contributed by atoms with E-state index in [4.69, 9.17) is 16.3 Å². The fourth-order valence-electron chi connectivity index (χ4n) is 6.05. The number of benzene rings is 1. The summed E-state index contributed by atoms with van der Waals surface area (Å²) < 4.78 is 20.7. The van der Waals surface area contributed by atoms with Gasteiger partial charge in [0.05, 0.1) is 49.6 Å². The summed E-state index contributed by atoms with van der Waals surface area (Å²) in [7, 11) is 0. The molecule has 1 amide bonds. The summed E-state index contributed by atoms with van der Waals surface area (Å²) in [5.74, 6) is 2.75. The zero-order valence-corrected chi connectivity index (χ0v) is 23.2. The van der Waals surface area contributed by atoms with Crippen molar-refractivity contribution in [1.82, 2.24) is 14.9 Å². The van der Waals surface area contributed by atoms with Crippen molar-refractivity contribution in [2.24, 2.45) is 17.8 Å². The second-order valence-corrected chi connectivity index (χ2v) is 12.3. The van der Waals surface area contributed by atoms with Crippen LogP contribution in [0, 0.1) is 23.6 Å². The van der Waals surface area contributed by atoms with E-state index in [1.165, 1.54) is 23.8 Å². The van der Waals surface area contributed by atoms with Gasteiger partial charge < -0.3 is 19.6 Å². The average Bonchev–Trinajstić information content (AvgIpc) is 3.54. The van der Waals surface area contributed by atoms with Crippen molar-refractivity contribution in [2.45, 2.75) is 44.8 Å². The lowest BCUT2D eigenvalue weighted by atomic mass is 9.90. The highest BCUT2D eigenvalue weighted by Gasteiger charge is 2.43. The standard InChI is InChI=1S/C29H32ClFN4O3S/c30-21-14-32-29(33-15-21)34-7-3-18(4-8-34)24-11-19(24)5-9-38-22-2-1-20(25(31)13-22)12-28(37)35-16-26(36)23-6-10-39-27(23)17-35/h1-2,6,10,13-15,18-19,24,26,36H,3-5,7-9,11-12,16-17H2. The molecule has 3 unspecified atom stereocenters. The Morgan fingerprint density at radius 2 is 2.00 bits per heavy atom. The molecule has 2 aliphatic heterocycles. The lowest BCUT2D eigenvalue weighted by Crippen LogP contribution is -2.38. The Balaban J connectivity index is 0.929. The summed E-state index contributed by atoms with van der Waals surface area (Å²) in [4.78, 5) is 26.3. The predicted octanol–water partition coefficient (Wildman–Crippen LogP) is 5.27. The molecular formula is C29H32ClFN4O3S. The summed E-state index contributed by atoms with van der Waals surface area (Å²) in [6.07, 6.45) is 7.06. The van der Waals surface area contributed by atoms with Crippen LogP contribution in [-0.4, -0.2) is 52.1 Å². The van der Waals surface area contributed by atoms with E-state index in [1.54, 1.807) is 29.4 Å². The van der Waals surface area contributed by atoms with Gasteiger partial charge in [0.2, 0.25) is 11.9 Å². The van der Waals surface area contributed by atoms with Crippen molar-refractivity contribution >= 4 is 34.8 Å². The monoisotopic (exact) mass is 570 g/mol. The van der Waals surface area contributed by atoms with Gasteiger partial charge in [0, 0.05) is 24.0 Å². The first kappa shape index (κ1) is 26.5. The van der Waals surface area contributed by atoms with Crippen molar-refractivity contribution in [2.75, 3.05) is 31.1 Å². The highest BCUT2D eigenvalue weighted by atomic mass is 35.5. The number of ether oxygens (including phenoxy) is 1. The van der Waals surface area contributed by atoms with Gasteiger partial charge in [-0.25, -0.2) is 14.4 Å². The number of anilines is 1. The van der Waals surface area contributed by atoms with Crippen LogP contribution in [0.1, 0.15) is 47.8 Å². The maximum Gasteiger partial charge on any atom is 0.227 e. The Hall–Kier alpha value is -2.75. The molecule has 0 bridgehead atoms. The van der Waals surface area contributed by atoms with Gasteiger partial charge in [-0.3, -0.25) is 4.79 Å². The number of aliphatic hydroxyl groups excluding tert-OH is 1. The Morgan fingerprint density at radius 1 is 1.21 bits per heavy atom. The number of aromatic nitrogens is 2. The van der Waals surface area contributed by atoms with Gasteiger partial charge >= 0.3 is 0 Å². The summed E-state index contributed by atoms with van der Waals surface area (Å²) >= 11 is 7.43. The van der Waals surface area contributed by atoms with E-state index in [0.717, 1.165) is 60.6 Å². The quantitative estimate of drug-likeness (QED) is 0.397. The predicted molar refractivity (Wildman–Crippen MR) is 148 cm³/mol. The lowest BCUT2D eigenvalue weighted by molar-refractivity contribution is -0.133. The molecule has 3 aliphatic rings. The number of carbonyl (C=O) groups excluding carboxylic acids is 1. The van der Waals surface area contributed by atoms with E-state index in [-0.39, 0.29) is 18.9 Å². The second-order valence-electron chi connectivity index (χ2n) is 10.8. The number of aliphatic hydroxyl groups is 1. The minimum atomic E-state index is -0.688. The number of carbonyl (C=O) groups is 1. The summed E-state index contributed by atoms with van der Waals surface area (Å²) in [6, 6.07) is 6.66. The van der Waals surface area contributed by atoms with Crippen LogP contribution in [0.5, 0.6) is 5.75 Å². The van der Waals surface area contributed by atoms with Crippen LogP contribution in [0.15, 0.2) is 42.0 Å². The SMILES string of the molecule is O=C(Cc1ccc(OCCC2CC2C2CCN(c3ncc(Cl)cn3)CC2)cc1F)N1Cc2sccc2C(O)C1. The third kappa shape index (κ3) is 6.05. The topological polar surface area (TPSA) is 78.8 Å². The molecule has 39 heavy (non-hydrogen) atoms. The molecule has 4 heterocycles. The fraction of sp³-hybridized carbons (Fsp3) is 0.483. The van der Waals surface area contributed by atoms with Gasteiger partial charge in [0.1, 0.15) is 11.6 Å². The third-order valence-electron chi connectivity index (χ3n) is 8.35. The van der Waals surface area contributed by atoms with Crippen LogP contribution in [0.2, 0.25) is 5.02 Å². The molecule has 1 saturated carbocycles. The number of rotatable bonds is 8. The van der Waals surface area contributed by atoms with Crippen molar-refractivity contribution in [3.05, 3.63) is 68.9 Å². The van der Waals surface area contributed by atoms with Crippen LogP contribution in [0.25, 0.3) is 0 Å². The number of β-amino-alcohol motifs (C(OH)–C–C–N with tert-alkyl or cyclic N) is 1. The molecule has 6 rings (SSSR count). The molecule has 1 saturated heterocycles. The van der Waals surface area contributed by atoms with Gasteiger partial charge in [-0.05, 0) is 72.1 Å². The molecule has 3 atom stereocenters. The zero-order chi connectivity index (χ0) is 26.9. The minimum absolute atomic E-state index is 0.0355. The van der Waals surface area contributed by atoms with E-state index in [1.807, 2.05) is 11.4 Å². The number of amides is 1. The molecule has 1 aliphatic carbocycles. The van der Waals surface area contributed by atoms with Gasteiger partial charge in [-0.2, -0.15) is 0 Å². The molecule has 10 heteroatoms. The van der Waals surface area contributed by atoms with Gasteiger partial charge in [0.25, 0.3) is 0 Å². The number of nitrogens with zero attached hydrogens (tertiary/aromatic N) is 4. The zero-order valence-electron chi connectivity index (χ0n) is 21.6. The first-order valence-electron chi connectivity index (χ1n) is 13.6. The molecule has 0 radical (unpaired) electrons. The molecule has 0 spiro atoms. The first-order chi connectivity index (χ1) is 18.9. The molecule has 1 N–H and O–H groups in total. The Morgan fingerprint density at radius 3 is 2.77 bits per heavy atom. The average molecular weight is 571 g/mol. The fourth-order valence-corrected chi connectivity index (χ4v) is 7.10. The Kier molecular flexibility index (Phi) is 7.73. The smallest absolute Gasteiger partial charge is 0.227 e. The maximum atomic E-state index is 14.8. The van der Waals surface area contributed by atoms with E-state index in [9.17, 15) is 14.3 Å². The van der Waals surface area contributed by atoms with Gasteiger partial charge in [0.15, 0.2) is 0 Å². The molecule has 2 fully saturated rings. The van der Waals surface area contributed by atoms with E-state index in [0.29, 0.717) is 35.4 Å². The van der Waals surface area contributed by atoms with E-state index >= 15 is 0 Å². The van der Waals surface area contributed by atoms with Crippen LogP contribution in [0.3, 0.4) is 0 Å². The second kappa shape index (κ2) is 11.4. The van der Waals surface area contributed by atoms with Crippen molar-refractivity contribution in [1.29, 1.82) is 0 Å². The van der Waals surface area contributed by atoms with Crippen LogP contribution in [0.4, 0.5) is 10.3 Å². The van der Waals surface area contributed by atoms with Crippen molar-refractivity contribution in [3.63, 3.8) is 0 Å². The molecule has 7 nitrogen and oxygen atoms in total. The van der Waals surface area contributed by atoms with E-state index in [2.05, 4.69) is 14.9 Å². The molecule has 206 valence electrons. The van der Waals surface area contributed by atoms with Crippen LogP contribution >= 0.6 is 22.9 Å². The number of thiophene rings is 1. The molecule has 2 aromatic heterocycles. The van der Waals surface area contributed by atoms with E-state index < -0.39 is 11.9 Å². The summed E-state index contributed by atoms with van der Waals surface area (Å²) in [5.41, 5.74) is 1.24. The number of hydrogen-bond acceptors (Lipinski definition) is 7. The third-order valence-corrected chi connectivity index (χ3v) is 9.47. The Labute approximate surface area is 236 Å². The minimum Gasteiger partial charge on any atom is -0.493 e.